The Kier molecular flexibility index (Phi) is 8.79. The van der Waals surface area contributed by atoms with Gasteiger partial charge in [0.15, 0.2) is 0 Å². The fourth-order valence-electron chi connectivity index (χ4n) is 3.65. The molecule has 4 aromatic rings. The molecule has 0 heterocycles. The number of phenolic OH excluding ortho intramolecular Hbond substituents is 1. The first-order valence-electron chi connectivity index (χ1n) is 11.4. The third kappa shape index (κ3) is 6.76. The van der Waals surface area contributed by atoms with Crippen molar-refractivity contribution in [3.8, 4) is 11.5 Å². The summed E-state index contributed by atoms with van der Waals surface area (Å²) in [5.41, 5.74) is 4.85. The summed E-state index contributed by atoms with van der Waals surface area (Å²) in [5.74, 6) is 0.269. The summed E-state index contributed by atoms with van der Waals surface area (Å²) >= 11 is 11.8. The van der Waals surface area contributed by atoms with Gasteiger partial charge >= 0.3 is 0 Å². The molecule has 1 amide bonds. The number of carbonyl (C=O) groups excluding carboxylic acids is 1. The zero-order valence-corrected chi connectivity index (χ0v) is 20.9. The molecule has 4 aromatic carbocycles. The lowest BCUT2D eigenvalue weighted by Gasteiger charge is -2.12. The van der Waals surface area contributed by atoms with Crippen LogP contribution in [0.25, 0.3) is 10.8 Å². The third-order valence-corrected chi connectivity index (χ3v) is 6.09. The quantitative estimate of drug-likeness (QED) is 0.139. The number of hydrogen-bond acceptors (Lipinski definition) is 5. The predicted molar refractivity (Wildman–Crippen MR) is 146 cm³/mol. The third-order valence-electron chi connectivity index (χ3n) is 5.54. The molecule has 0 saturated heterocycles. The highest BCUT2D eigenvalue weighted by Crippen LogP contribution is 2.28. The second kappa shape index (κ2) is 12.4. The Labute approximate surface area is 219 Å². The second-order valence-electron chi connectivity index (χ2n) is 8.04. The minimum absolute atomic E-state index is 0.0841. The van der Waals surface area contributed by atoms with Crippen molar-refractivity contribution in [3.05, 3.63) is 106 Å². The number of benzene rings is 4. The number of rotatable bonds is 10. The van der Waals surface area contributed by atoms with Gasteiger partial charge in [0, 0.05) is 28.1 Å². The van der Waals surface area contributed by atoms with E-state index in [1.165, 1.54) is 23.8 Å². The zero-order chi connectivity index (χ0) is 25.3. The van der Waals surface area contributed by atoms with Crippen molar-refractivity contribution >= 4 is 46.1 Å². The topological polar surface area (TPSA) is 83.0 Å². The Morgan fingerprint density at radius 3 is 2.50 bits per heavy atom. The Morgan fingerprint density at radius 2 is 1.72 bits per heavy atom. The predicted octanol–water partition coefficient (Wildman–Crippen LogP) is 5.83. The van der Waals surface area contributed by atoms with Crippen LogP contribution >= 0.6 is 23.2 Å². The van der Waals surface area contributed by atoms with Crippen LogP contribution in [0.4, 0.5) is 0 Å². The lowest BCUT2D eigenvalue weighted by molar-refractivity contribution is 0.0955. The molecule has 0 saturated carbocycles. The molecule has 0 spiro atoms. The SMILES string of the molecule is O=C(N/N=C/c1ccc(OCCNCCc2ccc(Cl)cc2)c2ccccc12)c1ccc(O)c(Cl)c1. The molecule has 0 aliphatic rings. The lowest BCUT2D eigenvalue weighted by Crippen LogP contribution is -2.23. The number of nitrogens with zero attached hydrogens (tertiary/aromatic N) is 1. The maximum Gasteiger partial charge on any atom is 0.271 e. The summed E-state index contributed by atoms with van der Waals surface area (Å²) < 4.78 is 6.04. The van der Waals surface area contributed by atoms with E-state index < -0.39 is 5.91 Å². The molecule has 0 unspecified atom stereocenters. The zero-order valence-electron chi connectivity index (χ0n) is 19.4. The second-order valence-corrected chi connectivity index (χ2v) is 8.88. The molecule has 0 aliphatic carbocycles. The summed E-state index contributed by atoms with van der Waals surface area (Å²) in [5, 5.41) is 19.7. The van der Waals surface area contributed by atoms with Gasteiger partial charge in [-0.15, -0.1) is 0 Å². The fraction of sp³-hybridized carbons (Fsp3) is 0.143. The molecule has 184 valence electrons. The van der Waals surface area contributed by atoms with Gasteiger partial charge in [0.1, 0.15) is 18.1 Å². The van der Waals surface area contributed by atoms with Crippen molar-refractivity contribution < 1.29 is 14.6 Å². The van der Waals surface area contributed by atoms with Gasteiger partial charge in [0.2, 0.25) is 0 Å². The number of hydrogen-bond donors (Lipinski definition) is 3. The Hall–Kier alpha value is -3.58. The van der Waals surface area contributed by atoms with E-state index in [-0.39, 0.29) is 10.8 Å². The van der Waals surface area contributed by atoms with Gasteiger partial charge in [-0.05, 0) is 66.4 Å². The van der Waals surface area contributed by atoms with Crippen LogP contribution in [0.3, 0.4) is 0 Å². The van der Waals surface area contributed by atoms with Crippen LogP contribution in [0, 0.1) is 0 Å². The van der Waals surface area contributed by atoms with Gasteiger partial charge in [0.05, 0.1) is 11.2 Å². The van der Waals surface area contributed by atoms with Crippen LogP contribution in [0.2, 0.25) is 10.0 Å². The normalized spacial score (nSPS) is 11.2. The first-order valence-corrected chi connectivity index (χ1v) is 12.2. The van der Waals surface area contributed by atoms with Crippen LogP contribution < -0.4 is 15.5 Å². The van der Waals surface area contributed by atoms with Crippen LogP contribution in [0.5, 0.6) is 11.5 Å². The molecule has 6 nitrogen and oxygen atoms in total. The number of nitrogens with one attached hydrogen (secondary N) is 2. The first kappa shape index (κ1) is 25.5. The van der Waals surface area contributed by atoms with E-state index in [2.05, 4.69) is 15.8 Å². The number of fused-ring (bicyclic) bond motifs is 1. The molecule has 0 aliphatic heterocycles. The highest BCUT2D eigenvalue weighted by atomic mass is 35.5. The summed E-state index contributed by atoms with van der Waals surface area (Å²) in [6, 6.07) is 23.8. The van der Waals surface area contributed by atoms with Crippen molar-refractivity contribution in [2.24, 2.45) is 5.10 Å². The van der Waals surface area contributed by atoms with Gasteiger partial charge in [-0.2, -0.15) is 5.10 Å². The maximum atomic E-state index is 12.3. The van der Waals surface area contributed by atoms with Gasteiger partial charge in [-0.1, -0.05) is 59.6 Å². The maximum absolute atomic E-state index is 12.3. The molecular weight excluding hydrogens is 497 g/mol. The van der Waals surface area contributed by atoms with Crippen molar-refractivity contribution in [1.29, 1.82) is 0 Å². The van der Waals surface area contributed by atoms with Gasteiger partial charge in [-0.25, -0.2) is 5.43 Å². The molecule has 4 rings (SSSR count). The smallest absolute Gasteiger partial charge is 0.271 e. The molecule has 3 N–H and O–H groups in total. The molecule has 36 heavy (non-hydrogen) atoms. The number of ether oxygens (including phenoxy) is 1. The largest absolute Gasteiger partial charge is 0.506 e. The lowest BCUT2D eigenvalue weighted by atomic mass is 10.0. The van der Waals surface area contributed by atoms with E-state index in [0.29, 0.717) is 12.2 Å². The van der Waals surface area contributed by atoms with Crippen LogP contribution in [-0.4, -0.2) is 36.9 Å². The summed E-state index contributed by atoms with van der Waals surface area (Å²) in [4.78, 5) is 12.3. The summed E-state index contributed by atoms with van der Waals surface area (Å²) in [7, 11) is 0. The van der Waals surface area contributed by atoms with E-state index in [1.807, 2.05) is 60.7 Å². The standard InChI is InChI=1S/C28H25Cl2N3O3/c29-22-9-5-19(6-10-22)13-14-31-15-16-36-27-12-8-21(23-3-1-2-4-24(23)27)18-32-33-28(35)20-7-11-26(34)25(30)17-20/h1-12,17-18,31,34H,13-16H2,(H,33,35)/b32-18+. The van der Waals surface area contributed by atoms with Crippen LogP contribution in [0.1, 0.15) is 21.5 Å². The Bertz CT molecular complexity index is 1370. The fourth-order valence-corrected chi connectivity index (χ4v) is 3.95. The van der Waals surface area contributed by atoms with Crippen molar-refractivity contribution in [2.75, 3.05) is 19.7 Å². The number of hydrazone groups is 1. The molecule has 8 heteroatoms. The van der Waals surface area contributed by atoms with Crippen molar-refractivity contribution in [1.82, 2.24) is 10.7 Å². The molecule has 0 fully saturated rings. The van der Waals surface area contributed by atoms with Crippen LogP contribution in [-0.2, 0) is 6.42 Å². The highest BCUT2D eigenvalue weighted by Gasteiger charge is 2.08. The van der Waals surface area contributed by atoms with Crippen LogP contribution in [0.15, 0.2) is 84.0 Å². The van der Waals surface area contributed by atoms with Crippen molar-refractivity contribution in [3.63, 3.8) is 0 Å². The molecule has 0 atom stereocenters. The van der Waals surface area contributed by atoms with E-state index in [9.17, 15) is 9.90 Å². The number of carbonyl (C=O) groups is 1. The average molecular weight is 522 g/mol. The minimum Gasteiger partial charge on any atom is -0.506 e. The minimum atomic E-state index is -0.430. The van der Waals surface area contributed by atoms with Gasteiger partial charge < -0.3 is 15.2 Å². The van der Waals surface area contributed by atoms with E-state index in [0.717, 1.165) is 46.6 Å². The van der Waals surface area contributed by atoms with Crippen molar-refractivity contribution in [2.45, 2.75) is 6.42 Å². The van der Waals surface area contributed by atoms with E-state index >= 15 is 0 Å². The highest BCUT2D eigenvalue weighted by molar-refractivity contribution is 6.32. The Balaban J connectivity index is 1.32. The number of aromatic hydroxyl groups is 1. The summed E-state index contributed by atoms with van der Waals surface area (Å²) in [6.07, 6.45) is 2.51. The molecule has 0 radical (unpaired) electrons. The monoisotopic (exact) mass is 521 g/mol. The average Bonchev–Trinajstić information content (AvgIpc) is 2.89. The number of phenols is 1. The number of amides is 1. The van der Waals surface area contributed by atoms with Gasteiger partial charge in [0.25, 0.3) is 5.91 Å². The van der Waals surface area contributed by atoms with E-state index in [1.54, 1.807) is 6.21 Å². The first-order chi connectivity index (χ1) is 17.5. The van der Waals surface area contributed by atoms with Gasteiger partial charge in [-0.3, -0.25) is 4.79 Å². The van der Waals surface area contributed by atoms with E-state index in [4.69, 9.17) is 27.9 Å². The Morgan fingerprint density at radius 1 is 0.944 bits per heavy atom. The summed E-state index contributed by atoms with van der Waals surface area (Å²) in [6.45, 7) is 2.10. The number of halogens is 2. The molecular formula is C28H25Cl2N3O3. The molecule has 0 aromatic heterocycles. The molecule has 0 bridgehead atoms.